The third-order valence-corrected chi connectivity index (χ3v) is 1.89. The topological polar surface area (TPSA) is 102 Å². The van der Waals surface area contributed by atoms with Crippen molar-refractivity contribution in [3.8, 4) is 11.8 Å². The van der Waals surface area contributed by atoms with Crippen molar-refractivity contribution < 1.29 is 34.0 Å². The molecule has 0 aromatic rings. The molecule has 0 aliphatic carbocycles. The van der Waals surface area contributed by atoms with E-state index in [1.807, 2.05) is 13.8 Å². The maximum Gasteiger partial charge on any atom is 0.518 e. The van der Waals surface area contributed by atoms with E-state index in [9.17, 15) is 9.59 Å². The van der Waals surface area contributed by atoms with E-state index in [4.69, 9.17) is 10.2 Å². The second-order valence-electron chi connectivity index (χ2n) is 3.68. The highest BCUT2D eigenvalue weighted by Gasteiger charge is 2.12. The molecule has 21 heavy (non-hydrogen) atoms. The molecule has 0 rings (SSSR count). The highest BCUT2D eigenvalue weighted by atomic mass is 16.8. The SMILES string of the molecule is CCCCOC(=O)OC(=O)OCCCC.OCC#CCO. The molecule has 0 aromatic heterocycles. The minimum atomic E-state index is -0.995. The quantitative estimate of drug-likeness (QED) is 0.334. The Hall–Kier alpha value is -1.78. The second-order valence-corrected chi connectivity index (χ2v) is 3.68. The molecule has 7 nitrogen and oxygen atoms in total. The Balaban J connectivity index is 0. The van der Waals surface area contributed by atoms with Gasteiger partial charge in [0.15, 0.2) is 0 Å². The fraction of sp³-hybridized carbons (Fsp3) is 0.714. The fourth-order valence-electron chi connectivity index (χ4n) is 0.838. The third-order valence-electron chi connectivity index (χ3n) is 1.89. The van der Waals surface area contributed by atoms with E-state index >= 15 is 0 Å². The molecule has 0 unspecified atom stereocenters. The van der Waals surface area contributed by atoms with Crippen LogP contribution in [0.1, 0.15) is 39.5 Å². The van der Waals surface area contributed by atoms with Crippen LogP contribution in [0.2, 0.25) is 0 Å². The first kappa shape index (κ1) is 21.5. The number of rotatable bonds is 6. The number of aliphatic hydroxyl groups is 2. The van der Waals surface area contributed by atoms with Crippen LogP contribution in [0.5, 0.6) is 0 Å². The van der Waals surface area contributed by atoms with E-state index in [0.717, 1.165) is 25.7 Å². The predicted octanol–water partition coefficient (Wildman–Crippen LogP) is 1.85. The molecule has 0 fully saturated rings. The Labute approximate surface area is 125 Å². The summed E-state index contributed by atoms with van der Waals surface area (Å²) < 4.78 is 13.4. The number of aliphatic hydroxyl groups excluding tert-OH is 2. The van der Waals surface area contributed by atoms with Gasteiger partial charge in [-0.05, 0) is 12.8 Å². The molecule has 0 aromatic carbocycles. The van der Waals surface area contributed by atoms with Crippen molar-refractivity contribution in [2.45, 2.75) is 39.5 Å². The summed E-state index contributed by atoms with van der Waals surface area (Å²) in [5.41, 5.74) is 0. The normalized spacial score (nSPS) is 8.57. The van der Waals surface area contributed by atoms with Gasteiger partial charge in [0.25, 0.3) is 0 Å². The van der Waals surface area contributed by atoms with Crippen LogP contribution < -0.4 is 0 Å². The minimum Gasteiger partial charge on any atom is -0.434 e. The molecule has 0 spiro atoms. The summed E-state index contributed by atoms with van der Waals surface area (Å²) in [6, 6.07) is 0. The summed E-state index contributed by atoms with van der Waals surface area (Å²) >= 11 is 0. The highest BCUT2D eigenvalue weighted by Crippen LogP contribution is 1.95. The van der Waals surface area contributed by atoms with Crippen LogP contribution in [-0.4, -0.2) is 49.0 Å². The number of carbonyl (C=O) groups is 2. The molecule has 0 heterocycles. The van der Waals surface area contributed by atoms with Crippen LogP contribution in [0.15, 0.2) is 0 Å². The van der Waals surface area contributed by atoms with Gasteiger partial charge in [-0.15, -0.1) is 0 Å². The molecule has 0 aliphatic rings. The standard InChI is InChI=1S/C10H18O5.C4H6O2/c1-3-5-7-13-9(11)15-10(12)14-8-6-4-2;5-3-1-2-4-6/h3-8H2,1-2H3;5-6H,3-4H2. The summed E-state index contributed by atoms with van der Waals surface area (Å²) in [7, 11) is 0. The van der Waals surface area contributed by atoms with Gasteiger partial charge in [0.1, 0.15) is 13.2 Å². The summed E-state index contributed by atoms with van der Waals surface area (Å²) in [5, 5.41) is 15.8. The van der Waals surface area contributed by atoms with Crippen molar-refractivity contribution in [3.05, 3.63) is 0 Å². The van der Waals surface area contributed by atoms with Crippen molar-refractivity contribution >= 4 is 12.3 Å². The summed E-state index contributed by atoms with van der Waals surface area (Å²) in [6.45, 7) is 4.12. The first-order valence-corrected chi connectivity index (χ1v) is 6.81. The number of hydrogen-bond acceptors (Lipinski definition) is 7. The van der Waals surface area contributed by atoms with Crippen LogP contribution >= 0.6 is 0 Å². The lowest BCUT2D eigenvalue weighted by molar-refractivity contribution is 0.0357. The van der Waals surface area contributed by atoms with Crippen molar-refractivity contribution in [2.24, 2.45) is 0 Å². The molecular formula is C14H24O7. The number of hydrogen-bond donors (Lipinski definition) is 2. The summed E-state index contributed by atoms with van der Waals surface area (Å²) in [6.07, 6.45) is 1.33. The van der Waals surface area contributed by atoms with Gasteiger partial charge >= 0.3 is 12.3 Å². The van der Waals surface area contributed by atoms with Gasteiger partial charge in [-0.3, -0.25) is 0 Å². The van der Waals surface area contributed by atoms with Gasteiger partial charge in [-0.2, -0.15) is 0 Å². The molecule has 0 bridgehead atoms. The van der Waals surface area contributed by atoms with E-state index in [1.165, 1.54) is 0 Å². The van der Waals surface area contributed by atoms with E-state index in [-0.39, 0.29) is 26.4 Å². The number of ether oxygens (including phenoxy) is 3. The van der Waals surface area contributed by atoms with Crippen molar-refractivity contribution in [3.63, 3.8) is 0 Å². The van der Waals surface area contributed by atoms with Crippen LogP contribution in [0, 0.1) is 11.8 Å². The lowest BCUT2D eigenvalue weighted by Crippen LogP contribution is -2.16. The van der Waals surface area contributed by atoms with E-state index in [2.05, 4.69) is 26.1 Å². The molecule has 0 saturated heterocycles. The van der Waals surface area contributed by atoms with Crippen LogP contribution in [0.3, 0.4) is 0 Å². The van der Waals surface area contributed by atoms with Gasteiger partial charge in [0, 0.05) is 0 Å². The maximum absolute atomic E-state index is 10.8. The highest BCUT2D eigenvalue weighted by molar-refractivity contribution is 5.76. The molecular weight excluding hydrogens is 280 g/mol. The van der Waals surface area contributed by atoms with Gasteiger partial charge < -0.3 is 24.4 Å². The van der Waals surface area contributed by atoms with E-state index < -0.39 is 12.3 Å². The minimum absolute atomic E-state index is 0.166. The molecule has 0 aliphatic heterocycles. The zero-order chi connectivity index (χ0) is 16.3. The molecule has 7 heteroatoms. The van der Waals surface area contributed by atoms with Crippen molar-refractivity contribution in [1.29, 1.82) is 0 Å². The van der Waals surface area contributed by atoms with E-state index in [0.29, 0.717) is 0 Å². The third kappa shape index (κ3) is 20.7. The van der Waals surface area contributed by atoms with Crippen LogP contribution in [-0.2, 0) is 14.2 Å². The fourth-order valence-corrected chi connectivity index (χ4v) is 0.838. The van der Waals surface area contributed by atoms with E-state index in [1.54, 1.807) is 0 Å². The lowest BCUT2D eigenvalue weighted by Gasteiger charge is -2.04. The Morgan fingerprint density at radius 1 is 0.857 bits per heavy atom. The Morgan fingerprint density at radius 3 is 1.52 bits per heavy atom. The second kappa shape index (κ2) is 18.2. The number of carbonyl (C=O) groups excluding carboxylic acids is 2. The maximum atomic E-state index is 10.8. The summed E-state index contributed by atoms with van der Waals surface area (Å²) in [4.78, 5) is 21.6. The molecule has 0 radical (unpaired) electrons. The molecule has 2 N–H and O–H groups in total. The predicted molar refractivity (Wildman–Crippen MR) is 75.5 cm³/mol. The first-order chi connectivity index (χ1) is 10.1. The average molecular weight is 304 g/mol. The molecule has 0 atom stereocenters. The number of unbranched alkanes of at least 4 members (excludes halogenated alkanes) is 2. The first-order valence-electron chi connectivity index (χ1n) is 6.81. The zero-order valence-corrected chi connectivity index (χ0v) is 12.6. The average Bonchev–Trinajstić information content (AvgIpc) is 2.46. The molecule has 0 saturated carbocycles. The van der Waals surface area contributed by atoms with Gasteiger partial charge in [-0.25, -0.2) is 9.59 Å². The smallest absolute Gasteiger partial charge is 0.434 e. The Kier molecular flexibility index (Phi) is 18.7. The molecule has 122 valence electrons. The van der Waals surface area contributed by atoms with Gasteiger partial charge in [0.2, 0.25) is 0 Å². The largest absolute Gasteiger partial charge is 0.518 e. The van der Waals surface area contributed by atoms with Gasteiger partial charge in [-0.1, -0.05) is 38.5 Å². The molecule has 0 amide bonds. The van der Waals surface area contributed by atoms with Crippen LogP contribution in [0.25, 0.3) is 0 Å². The monoisotopic (exact) mass is 304 g/mol. The summed E-state index contributed by atoms with van der Waals surface area (Å²) in [5.74, 6) is 4.51. The van der Waals surface area contributed by atoms with Crippen molar-refractivity contribution in [2.75, 3.05) is 26.4 Å². The Bertz CT molecular complexity index is 289. The van der Waals surface area contributed by atoms with Gasteiger partial charge in [0.05, 0.1) is 13.2 Å². The Morgan fingerprint density at radius 2 is 1.24 bits per heavy atom. The lowest BCUT2D eigenvalue weighted by atomic mass is 10.4. The van der Waals surface area contributed by atoms with Crippen molar-refractivity contribution in [1.82, 2.24) is 0 Å². The zero-order valence-electron chi connectivity index (χ0n) is 12.6. The van der Waals surface area contributed by atoms with Crippen LogP contribution in [0.4, 0.5) is 9.59 Å².